The molecule has 3 rings (SSSR count). The molecule has 2 amide bonds. The third-order valence-corrected chi connectivity index (χ3v) is 6.31. The second-order valence-corrected chi connectivity index (χ2v) is 9.05. The van der Waals surface area contributed by atoms with E-state index in [9.17, 15) is 14.7 Å². The number of amides is 2. The number of carbonyl (C=O) groups excluding carboxylic acids is 2. The lowest BCUT2D eigenvalue weighted by atomic mass is 10.1. The van der Waals surface area contributed by atoms with Gasteiger partial charge >= 0.3 is 0 Å². The summed E-state index contributed by atoms with van der Waals surface area (Å²) in [5.74, 6) is -1.34. The highest BCUT2D eigenvalue weighted by molar-refractivity contribution is 6.42. The van der Waals surface area contributed by atoms with E-state index in [4.69, 9.17) is 23.2 Å². The SMILES string of the molecule is CN(CCCN1CC(C(=O)NCCCc2ccc(Cl)c(Cl)c2)=C(O)C1=O)Cc1ccccc1. The van der Waals surface area contributed by atoms with Crippen LogP contribution in [0, 0.1) is 0 Å². The number of nitrogens with zero attached hydrogens (tertiary/aromatic N) is 2. The summed E-state index contributed by atoms with van der Waals surface area (Å²) in [6.07, 6.45) is 2.17. The minimum atomic E-state index is -0.485. The Labute approximate surface area is 204 Å². The van der Waals surface area contributed by atoms with Gasteiger partial charge in [-0.1, -0.05) is 59.6 Å². The lowest BCUT2D eigenvalue weighted by molar-refractivity contribution is -0.127. The molecule has 0 atom stereocenters. The highest BCUT2D eigenvalue weighted by atomic mass is 35.5. The number of rotatable bonds is 11. The summed E-state index contributed by atoms with van der Waals surface area (Å²) < 4.78 is 0. The maximum Gasteiger partial charge on any atom is 0.289 e. The van der Waals surface area contributed by atoms with E-state index in [1.54, 1.807) is 6.07 Å². The Morgan fingerprint density at radius 3 is 2.58 bits per heavy atom. The van der Waals surface area contributed by atoms with Crippen LogP contribution in [0.1, 0.15) is 24.0 Å². The molecule has 33 heavy (non-hydrogen) atoms. The maximum atomic E-state index is 12.5. The monoisotopic (exact) mass is 489 g/mol. The molecule has 1 aliphatic heterocycles. The fraction of sp³-hybridized carbons (Fsp3) is 0.360. The smallest absolute Gasteiger partial charge is 0.289 e. The molecule has 2 N–H and O–H groups in total. The summed E-state index contributed by atoms with van der Waals surface area (Å²) in [5, 5.41) is 14.0. The lowest BCUT2D eigenvalue weighted by Gasteiger charge is -2.20. The molecule has 0 aliphatic carbocycles. The van der Waals surface area contributed by atoms with Crippen molar-refractivity contribution in [3.63, 3.8) is 0 Å². The molecule has 0 radical (unpaired) electrons. The van der Waals surface area contributed by atoms with Crippen molar-refractivity contribution in [2.75, 3.05) is 33.2 Å². The minimum Gasteiger partial charge on any atom is -0.503 e. The number of carbonyl (C=O) groups is 2. The van der Waals surface area contributed by atoms with Crippen molar-refractivity contribution in [1.82, 2.24) is 15.1 Å². The number of nitrogens with one attached hydrogen (secondary N) is 1. The first kappa shape index (κ1) is 25.1. The van der Waals surface area contributed by atoms with E-state index in [0.717, 1.165) is 31.5 Å². The van der Waals surface area contributed by atoms with Crippen LogP contribution in [0.25, 0.3) is 0 Å². The summed E-state index contributed by atoms with van der Waals surface area (Å²) in [5.41, 5.74) is 2.39. The Morgan fingerprint density at radius 1 is 1.09 bits per heavy atom. The summed E-state index contributed by atoms with van der Waals surface area (Å²) in [4.78, 5) is 28.6. The fourth-order valence-corrected chi connectivity index (χ4v) is 4.10. The second-order valence-electron chi connectivity index (χ2n) is 8.24. The van der Waals surface area contributed by atoms with Crippen LogP contribution in [0.2, 0.25) is 10.0 Å². The van der Waals surface area contributed by atoms with E-state index in [1.165, 1.54) is 10.5 Å². The Morgan fingerprint density at radius 2 is 1.85 bits per heavy atom. The van der Waals surface area contributed by atoms with E-state index in [2.05, 4.69) is 22.3 Å². The number of aliphatic hydroxyl groups excluding tert-OH is 1. The zero-order valence-corrected chi connectivity index (χ0v) is 20.2. The van der Waals surface area contributed by atoms with Crippen LogP contribution >= 0.6 is 23.2 Å². The van der Waals surface area contributed by atoms with Gasteiger partial charge in [0.25, 0.3) is 11.8 Å². The van der Waals surface area contributed by atoms with Gasteiger partial charge < -0.3 is 20.2 Å². The third kappa shape index (κ3) is 7.22. The molecule has 1 heterocycles. The Bertz CT molecular complexity index is 1010. The molecule has 2 aromatic rings. The number of hydrogen-bond donors (Lipinski definition) is 2. The standard InChI is InChI=1S/C25H29Cl2N3O3/c1-29(16-19-7-3-2-4-8-19)13-6-14-30-17-20(23(31)25(30)33)24(32)28-12-5-9-18-10-11-21(26)22(27)15-18/h2-4,7-8,10-11,15,31H,5-6,9,12-14,16-17H2,1H3,(H,28,32). The van der Waals surface area contributed by atoms with Crippen molar-refractivity contribution in [1.29, 1.82) is 0 Å². The van der Waals surface area contributed by atoms with Crippen molar-refractivity contribution < 1.29 is 14.7 Å². The van der Waals surface area contributed by atoms with Gasteiger partial charge in [-0.05, 0) is 56.1 Å². The molecule has 0 fully saturated rings. The fourth-order valence-electron chi connectivity index (χ4n) is 3.78. The zero-order chi connectivity index (χ0) is 23.8. The minimum absolute atomic E-state index is 0.131. The predicted octanol–water partition coefficient (Wildman–Crippen LogP) is 4.22. The maximum absolute atomic E-state index is 12.5. The van der Waals surface area contributed by atoms with Gasteiger partial charge in [-0.3, -0.25) is 9.59 Å². The molecule has 0 spiro atoms. The van der Waals surface area contributed by atoms with Gasteiger partial charge in [-0.2, -0.15) is 0 Å². The highest BCUT2D eigenvalue weighted by Crippen LogP contribution is 2.23. The number of aryl methyl sites for hydroxylation is 1. The van der Waals surface area contributed by atoms with Crippen LogP contribution < -0.4 is 5.32 Å². The summed E-state index contributed by atoms with van der Waals surface area (Å²) in [6, 6.07) is 15.6. The molecule has 2 aromatic carbocycles. The van der Waals surface area contributed by atoms with Crippen LogP contribution in [0.3, 0.4) is 0 Å². The predicted molar refractivity (Wildman–Crippen MR) is 131 cm³/mol. The number of benzene rings is 2. The Balaban J connectivity index is 1.38. The molecule has 6 nitrogen and oxygen atoms in total. The van der Waals surface area contributed by atoms with Crippen molar-refractivity contribution in [3.05, 3.63) is 81.0 Å². The number of aliphatic hydroxyl groups is 1. The molecular formula is C25H29Cl2N3O3. The quantitative estimate of drug-likeness (QED) is 0.463. The second kappa shape index (κ2) is 12.1. The third-order valence-electron chi connectivity index (χ3n) is 5.57. The molecule has 8 heteroatoms. The average Bonchev–Trinajstić information content (AvgIpc) is 3.08. The first-order valence-corrected chi connectivity index (χ1v) is 11.8. The van der Waals surface area contributed by atoms with Gasteiger partial charge in [0.05, 0.1) is 22.2 Å². The topological polar surface area (TPSA) is 72.9 Å². The van der Waals surface area contributed by atoms with Crippen LogP contribution in [0.15, 0.2) is 59.9 Å². The van der Waals surface area contributed by atoms with Crippen LogP contribution in [0.4, 0.5) is 0 Å². The average molecular weight is 490 g/mol. The summed E-state index contributed by atoms with van der Waals surface area (Å²) in [7, 11) is 2.03. The van der Waals surface area contributed by atoms with Gasteiger partial charge in [0.2, 0.25) is 0 Å². The normalized spacial score (nSPS) is 13.8. The molecule has 0 bridgehead atoms. The van der Waals surface area contributed by atoms with Crippen molar-refractivity contribution >= 4 is 35.0 Å². The Kier molecular flexibility index (Phi) is 9.18. The molecule has 1 aliphatic rings. The van der Waals surface area contributed by atoms with Gasteiger partial charge in [0.15, 0.2) is 5.76 Å². The first-order valence-electron chi connectivity index (χ1n) is 11.0. The first-order chi connectivity index (χ1) is 15.8. The largest absolute Gasteiger partial charge is 0.503 e. The molecule has 0 saturated heterocycles. The molecule has 0 aromatic heterocycles. The van der Waals surface area contributed by atoms with Gasteiger partial charge in [0.1, 0.15) is 0 Å². The van der Waals surface area contributed by atoms with E-state index < -0.39 is 17.6 Å². The van der Waals surface area contributed by atoms with Crippen LogP contribution in [-0.4, -0.2) is 59.9 Å². The van der Waals surface area contributed by atoms with E-state index in [-0.39, 0.29) is 12.1 Å². The van der Waals surface area contributed by atoms with E-state index in [1.807, 2.05) is 37.4 Å². The van der Waals surface area contributed by atoms with E-state index >= 15 is 0 Å². The summed E-state index contributed by atoms with van der Waals surface area (Å²) >= 11 is 11.9. The van der Waals surface area contributed by atoms with E-state index in [0.29, 0.717) is 29.6 Å². The Hall–Kier alpha value is -2.54. The molecule has 176 valence electrons. The number of halogens is 2. The van der Waals surface area contributed by atoms with Gasteiger partial charge in [0, 0.05) is 19.6 Å². The molecule has 0 saturated carbocycles. The molecule has 0 unspecified atom stereocenters. The number of hydrogen-bond acceptors (Lipinski definition) is 4. The van der Waals surface area contributed by atoms with Crippen LogP contribution in [-0.2, 0) is 22.6 Å². The highest BCUT2D eigenvalue weighted by Gasteiger charge is 2.33. The van der Waals surface area contributed by atoms with Gasteiger partial charge in [-0.15, -0.1) is 0 Å². The van der Waals surface area contributed by atoms with Gasteiger partial charge in [-0.25, -0.2) is 0 Å². The van der Waals surface area contributed by atoms with Crippen molar-refractivity contribution in [2.24, 2.45) is 0 Å². The van der Waals surface area contributed by atoms with Crippen molar-refractivity contribution in [2.45, 2.75) is 25.8 Å². The summed E-state index contributed by atoms with van der Waals surface area (Å²) in [6.45, 7) is 2.67. The zero-order valence-electron chi connectivity index (χ0n) is 18.7. The van der Waals surface area contributed by atoms with Crippen LogP contribution in [0.5, 0.6) is 0 Å². The molecular weight excluding hydrogens is 461 g/mol. The van der Waals surface area contributed by atoms with Crippen molar-refractivity contribution in [3.8, 4) is 0 Å². The lowest BCUT2D eigenvalue weighted by Crippen LogP contribution is -2.32.